The summed E-state index contributed by atoms with van der Waals surface area (Å²) < 4.78 is 8.76. The van der Waals surface area contributed by atoms with Crippen LogP contribution in [0.2, 0.25) is 0 Å². The van der Waals surface area contributed by atoms with Crippen molar-refractivity contribution in [3.63, 3.8) is 0 Å². The van der Waals surface area contributed by atoms with Crippen molar-refractivity contribution in [3.8, 4) is 0 Å². The van der Waals surface area contributed by atoms with E-state index in [-0.39, 0.29) is 6.67 Å². The van der Waals surface area contributed by atoms with E-state index in [2.05, 4.69) is 20.1 Å². The Labute approximate surface area is 70.2 Å². The lowest BCUT2D eigenvalue weighted by Gasteiger charge is -2.05. The second-order valence-electron chi connectivity index (χ2n) is 1.74. The number of hydrogen-bond acceptors (Lipinski definition) is 4. The van der Waals surface area contributed by atoms with Gasteiger partial charge in [-0.05, 0) is 6.92 Å². The molecule has 6 heteroatoms. The highest BCUT2D eigenvalue weighted by Gasteiger charge is 2.00. The molecule has 70 valence electrons. The van der Waals surface area contributed by atoms with Crippen LogP contribution in [0.5, 0.6) is 0 Å². The van der Waals surface area contributed by atoms with Crippen molar-refractivity contribution in [3.05, 3.63) is 0 Å². The summed E-state index contributed by atoms with van der Waals surface area (Å²) in [6, 6.07) is 0. The van der Waals surface area contributed by atoms with E-state index < -0.39 is 12.2 Å². The average molecular weight is 176 g/mol. The molecule has 0 aliphatic heterocycles. The highest BCUT2D eigenvalue weighted by molar-refractivity contribution is 5.69. The number of alkyl carbamates (subject to hydrolysis) is 2. The Hall–Kier alpha value is -1.46. The maximum atomic E-state index is 10.6. The number of ether oxygens (including phenoxy) is 2. The number of amides is 2. The lowest BCUT2D eigenvalue weighted by molar-refractivity contribution is 0.149. The Morgan fingerprint density at radius 1 is 1.25 bits per heavy atom. The molecule has 0 radical (unpaired) electrons. The number of nitrogens with one attached hydrogen (secondary N) is 2. The zero-order valence-corrected chi connectivity index (χ0v) is 7.05. The minimum Gasteiger partial charge on any atom is -0.453 e. The molecule has 2 N–H and O–H groups in total. The van der Waals surface area contributed by atoms with Gasteiger partial charge in [-0.2, -0.15) is 0 Å². The van der Waals surface area contributed by atoms with Crippen LogP contribution in [0.25, 0.3) is 0 Å². The van der Waals surface area contributed by atoms with Gasteiger partial charge in [0.25, 0.3) is 0 Å². The van der Waals surface area contributed by atoms with Crippen LogP contribution in [0.1, 0.15) is 6.92 Å². The van der Waals surface area contributed by atoms with E-state index >= 15 is 0 Å². The van der Waals surface area contributed by atoms with Gasteiger partial charge in [-0.15, -0.1) is 0 Å². The van der Waals surface area contributed by atoms with Crippen LogP contribution in [0, 0.1) is 0 Å². The van der Waals surface area contributed by atoms with Crippen molar-refractivity contribution < 1.29 is 19.1 Å². The highest BCUT2D eigenvalue weighted by Crippen LogP contribution is 1.74. The van der Waals surface area contributed by atoms with Crippen LogP contribution in [-0.2, 0) is 9.47 Å². The summed E-state index contributed by atoms with van der Waals surface area (Å²) in [5, 5.41) is 4.52. The SMILES string of the molecule is CCOC(=O)NCNC(=O)OC. The molecule has 0 heterocycles. The Morgan fingerprint density at radius 3 is 2.33 bits per heavy atom. The molecular weight excluding hydrogens is 164 g/mol. The van der Waals surface area contributed by atoms with Gasteiger partial charge in [0.2, 0.25) is 0 Å². The summed E-state index contributed by atoms with van der Waals surface area (Å²) in [5.41, 5.74) is 0. The number of carbonyl (C=O) groups is 2. The molecular formula is C6H12N2O4. The predicted octanol–water partition coefficient (Wildman–Crippen LogP) is 0.0460. The van der Waals surface area contributed by atoms with Gasteiger partial charge in [0, 0.05) is 0 Å². The van der Waals surface area contributed by atoms with Gasteiger partial charge < -0.3 is 20.1 Å². The molecule has 0 spiro atoms. The summed E-state index contributed by atoms with van der Waals surface area (Å²) in [6.07, 6.45) is -1.18. The standard InChI is InChI=1S/C6H12N2O4/c1-3-12-6(10)8-4-7-5(9)11-2/h3-4H2,1-2H3,(H,7,9)(H,8,10). The summed E-state index contributed by atoms with van der Waals surface area (Å²) >= 11 is 0. The first-order valence-corrected chi connectivity index (χ1v) is 3.43. The van der Waals surface area contributed by atoms with Crippen molar-refractivity contribution in [2.45, 2.75) is 6.92 Å². The minimum absolute atomic E-state index is 0.00843. The van der Waals surface area contributed by atoms with Crippen molar-refractivity contribution in [1.29, 1.82) is 0 Å². The largest absolute Gasteiger partial charge is 0.453 e. The molecule has 0 aliphatic carbocycles. The van der Waals surface area contributed by atoms with E-state index in [1.165, 1.54) is 7.11 Å². The fraction of sp³-hybridized carbons (Fsp3) is 0.667. The van der Waals surface area contributed by atoms with Gasteiger partial charge in [-0.25, -0.2) is 9.59 Å². The Balaban J connectivity index is 3.30. The Bertz CT molecular complexity index is 160. The molecule has 0 aromatic carbocycles. The van der Waals surface area contributed by atoms with Gasteiger partial charge in [-0.3, -0.25) is 0 Å². The van der Waals surface area contributed by atoms with E-state index in [1.807, 2.05) is 0 Å². The second-order valence-corrected chi connectivity index (χ2v) is 1.74. The van der Waals surface area contributed by atoms with E-state index in [9.17, 15) is 9.59 Å². The molecule has 12 heavy (non-hydrogen) atoms. The molecule has 0 bridgehead atoms. The maximum Gasteiger partial charge on any atom is 0.408 e. The molecule has 0 fully saturated rings. The molecule has 0 aromatic rings. The molecule has 6 nitrogen and oxygen atoms in total. The molecule has 0 aliphatic rings. The first-order chi connectivity index (χ1) is 5.70. The molecule has 0 aromatic heterocycles. The molecule has 0 saturated heterocycles. The van der Waals surface area contributed by atoms with Crippen LogP contribution in [0.3, 0.4) is 0 Å². The second kappa shape index (κ2) is 6.26. The maximum absolute atomic E-state index is 10.6. The third kappa shape index (κ3) is 5.33. The number of rotatable bonds is 3. The van der Waals surface area contributed by atoms with Crippen molar-refractivity contribution in [1.82, 2.24) is 10.6 Å². The zero-order chi connectivity index (χ0) is 9.40. The average Bonchev–Trinajstić information content (AvgIpc) is 2.04. The lowest BCUT2D eigenvalue weighted by Crippen LogP contribution is -2.37. The van der Waals surface area contributed by atoms with Crippen LogP contribution in [0.15, 0.2) is 0 Å². The van der Waals surface area contributed by atoms with E-state index in [0.717, 1.165) is 0 Å². The van der Waals surface area contributed by atoms with Crippen LogP contribution in [0.4, 0.5) is 9.59 Å². The first-order valence-electron chi connectivity index (χ1n) is 3.43. The van der Waals surface area contributed by atoms with E-state index in [0.29, 0.717) is 6.61 Å². The monoisotopic (exact) mass is 176 g/mol. The molecule has 0 rings (SSSR count). The molecule has 0 saturated carbocycles. The minimum atomic E-state index is -0.605. The van der Waals surface area contributed by atoms with Gasteiger partial charge in [0.1, 0.15) is 0 Å². The van der Waals surface area contributed by atoms with Gasteiger partial charge in [0.15, 0.2) is 0 Å². The fourth-order valence-electron chi connectivity index (χ4n) is 0.443. The third-order valence-electron chi connectivity index (χ3n) is 0.926. The lowest BCUT2D eigenvalue weighted by atomic mass is 10.8. The molecule has 2 amide bonds. The quantitative estimate of drug-likeness (QED) is 0.595. The normalized spacial score (nSPS) is 8.50. The van der Waals surface area contributed by atoms with Crippen LogP contribution >= 0.6 is 0 Å². The molecule has 0 atom stereocenters. The van der Waals surface area contributed by atoms with E-state index in [4.69, 9.17) is 0 Å². The summed E-state index contributed by atoms with van der Waals surface area (Å²) in [6.45, 7) is 1.98. The fourth-order valence-corrected chi connectivity index (χ4v) is 0.443. The number of carbonyl (C=O) groups excluding carboxylic acids is 2. The van der Waals surface area contributed by atoms with Crippen molar-refractivity contribution in [2.75, 3.05) is 20.4 Å². The van der Waals surface area contributed by atoms with Crippen molar-refractivity contribution >= 4 is 12.2 Å². The Morgan fingerprint density at radius 2 is 1.83 bits per heavy atom. The van der Waals surface area contributed by atoms with Crippen LogP contribution in [-0.4, -0.2) is 32.6 Å². The van der Waals surface area contributed by atoms with Crippen molar-refractivity contribution in [2.24, 2.45) is 0 Å². The first kappa shape index (κ1) is 10.5. The summed E-state index contributed by atoms with van der Waals surface area (Å²) in [7, 11) is 1.24. The summed E-state index contributed by atoms with van der Waals surface area (Å²) in [4.78, 5) is 21.0. The van der Waals surface area contributed by atoms with Gasteiger partial charge in [0.05, 0.1) is 20.4 Å². The highest BCUT2D eigenvalue weighted by atomic mass is 16.6. The zero-order valence-electron chi connectivity index (χ0n) is 7.05. The van der Waals surface area contributed by atoms with Crippen LogP contribution < -0.4 is 10.6 Å². The number of hydrogen-bond donors (Lipinski definition) is 2. The van der Waals surface area contributed by atoms with Gasteiger partial charge >= 0.3 is 12.2 Å². The summed E-state index contributed by atoms with van der Waals surface area (Å²) in [5.74, 6) is 0. The topological polar surface area (TPSA) is 76.7 Å². The van der Waals surface area contributed by atoms with E-state index in [1.54, 1.807) is 6.92 Å². The smallest absolute Gasteiger partial charge is 0.408 e. The third-order valence-corrected chi connectivity index (χ3v) is 0.926. The van der Waals surface area contributed by atoms with Gasteiger partial charge in [-0.1, -0.05) is 0 Å². The number of methoxy groups -OCH3 is 1. The predicted molar refractivity (Wildman–Crippen MR) is 40.6 cm³/mol. The Kier molecular flexibility index (Phi) is 5.50. The molecule has 0 unspecified atom stereocenters.